The number of aromatic nitrogens is 3. The van der Waals surface area contributed by atoms with Crippen molar-refractivity contribution in [3.63, 3.8) is 0 Å². The minimum atomic E-state index is -0.345. The number of likely N-dealkylation sites (tertiary alicyclic amines) is 1. The Balaban J connectivity index is 1.61. The number of hydrogen-bond acceptors (Lipinski definition) is 6. The second-order valence-corrected chi connectivity index (χ2v) is 7.00. The van der Waals surface area contributed by atoms with Crippen molar-refractivity contribution in [3.05, 3.63) is 22.3 Å². The molecular formula is C15H21N5O2S2. The molecule has 2 N–H and O–H groups in total. The van der Waals surface area contributed by atoms with Crippen molar-refractivity contribution in [3.8, 4) is 10.7 Å². The summed E-state index contributed by atoms with van der Waals surface area (Å²) in [4.78, 5) is 19.3. The maximum Gasteiger partial charge on any atom is 0.407 e. The van der Waals surface area contributed by atoms with E-state index >= 15 is 0 Å². The molecule has 1 atom stereocenters. The number of nitrogens with zero attached hydrogens (tertiary/aromatic N) is 3. The third-order valence-electron chi connectivity index (χ3n) is 3.88. The molecule has 1 unspecified atom stereocenters. The summed E-state index contributed by atoms with van der Waals surface area (Å²) in [6.45, 7) is 4.57. The van der Waals surface area contributed by atoms with E-state index in [1.54, 1.807) is 18.3 Å². The number of ether oxygens (including phenoxy) is 1. The van der Waals surface area contributed by atoms with Gasteiger partial charge in [0.15, 0.2) is 5.82 Å². The number of alkyl carbamates (subject to hydrolysis) is 1. The van der Waals surface area contributed by atoms with Gasteiger partial charge in [-0.1, -0.05) is 6.07 Å². The Bertz CT molecular complexity index is 725. The smallest absolute Gasteiger partial charge is 0.407 e. The molecule has 130 valence electrons. The fraction of sp³-hybridized carbons (Fsp3) is 0.533. The van der Waals surface area contributed by atoms with E-state index in [1.807, 2.05) is 22.2 Å². The summed E-state index contributed by atoms with van der Waals surface area (Å²) in [5.41, 5.74) is 0. The molecular weight excluding hydrogens is 346 g/mol. The molecule has 1 aliphatic heterocycles. The molecule has 2 aromatic rings. The summed E-state index contributed by atoms with van der Waals surface area (Å²) in [7, 11) is 0. The van der Waals surface area contributed by atoms with E-state index in [2.05, 4.69) is 20.3 Å². The summed E-state index contributed by atoms with van der Waals surface area (Å²) in [5.74, 6) is 0.799. The first-order valence-electron chi connectivity index (χ1n) is 8.02. The van der Waals surface area contributed by atoms with Crippen LogP contribution in [0.25, 0.3) is 10.7 Å². The van der Waals surface area contributed by atoms with Gasteiger partial charge in [-0.2, -0.15) is 4.98 Å². The van der Waals surface area contributed by atoms with Crippen molar-refractivity contribution in [2.24, 2.45) is 0 Å². The molecule has 7 nitrogen and oxygen atoms in total. The summed E-state index contributed by atoms with van der Waals surface area (Å²) < 4.78 is 7.37. The molecule has 0 radical (unpaired) electrons. The number of carbonyl (C=O) groups excluding carboxylic acids is 1. The number of H-pyrrole nitrogens is 1. The fourth-order valence-corrected chi connectivity index (χ4v) is 3.68. The van der Waals surface area contributed by atoms with Crippen LogP contribution in [0.3, 0.4) is 0 Å². The van der Waals surface area contributed by atoms with Crippen molar-refractivity contribution in [1.29, 1.82) is 0 Å². The van der Waals surface area contributed by atoms with Crippen LogP contribution >= 0.6 is 23.6 Å². The van der Waals surface area contributed by atoms with Crippen LogP contribution in [0, 0.1) is 4.77 Å². The zero-order valence-electron chi connectivity index (χ0n) is 13.5. The van der Waals surface area contributed by atoms with Gasteiger partial charge in [-0.25, -0.2) is 9.48 Å². The quantitative estimate of drug-likeness (QED) is 0.795. The molecule has 0 spiro atoms. The SMILES string of the molecule is CCOC(=O)NC1CCCN(Cn2[nH]c(-c3cccs3)nc2=S)C1. The van der Waals surface area contributed by atoms with Crippen LogP contribution in [-0.4, -0.2) is 51.5 Å². The number of hydrogen-bond donors (Lipinski definition) is 2. The maximum absolute atomic E-state index is 11.6. The molecule has 0 aliphatic carbocycles. The van der Waals surface area contributed by atoms with E-state index in [9.17, 15) is 4.79 Å². The van der Waals surface area contributed by atoms with E-state index in [4.69, 9.17) is 17.0 Å². The van der Waals surface area contributed by atoms with Crippen LogP contribution in [-0.2, 0) is 11.4 Å². The van der Waals surface area contributed by atoms with Crippen molar-refractivity contribution in [2.75, 3.05) is 19.7 Å². The summed E-state index contributed by atoms with van der Waals surface area (Å²) in [6, 6.07) is 4.11. The maximum atomic E-state index is 11.6. The largest absolute Gasteiger partial charge is 0.450 e. The summed E-state index contributed by atoms with van der Waals surface area (Å²) >= 11 is 6.99. The Morgan fingerprint density at radius 3 is 3.25 bits per heavy atom. The number of piperidine rings is 1. The molecule has 0 saturated carbocycles. The third-order valence-corrected chi connectivity index (χ3v) is 5.07. The lowest BCUT2D eigenvalue weighted by atomic mass is 10.1. The monoisotopic (exact) mass is 367 g/mol. The Morgan fingerprint density at radius 1 is 1.62 bits per heavy atom. The predicted octanol–water partition coefficient (Wildman–Crippen LogP) is 2.84. The fourth-order valence-electron chi connectivity index (χ4n) is 2.82. The number of nitrogens with one attached hydrogen (secondary N) is 2. The molecule has 0 bridgehead atoms. The van der Waals surface area contributed by atoms with Crippen LogP contribution in [0.5, 0.6) is 0 Å². The van der Waals surface area contributed by atoms with Crippen molar-refractivity contribution in [1.82, 2.24) is 25.0 Å². The zero-order valence-corrected chi connectivity index (χ0v) is 15.2. The molecule has 3 heterocycles. The summed E-state index contributed by atoms with van der Waals surface area (Å²) in [5, 5.41) is 8.20. The third kappa shape index (κ3) is 4.22. The topological polar surface area (TPSA) is 75.2 Å². The standard InChI is InChI=1S/C15H21N5O2S2/c1-2-22-15(21)16-11-5-3-7-19(9-11)10-20-14(23)17-13(18-20)12-6-4-8-24-12/h4,6,8,11H,2-3,5,7,9-10H2,1H3,(H,16,21)(H,17,18,23). The van der Waals surface area contributed by atoms with Gasteiger partial charge in [0.05, 0.1) is 18.2 Å². The van der Waals surface area contributed by atoms with Gasteiger partial charge in [0.25, 0.3) is 0 Å². The minimum absolute atomic E-state index is 0.103. The van der Waals surface area contributed by atoms with Crippen molar-refractivity contribution < 1.29 is 9.53 Å². The van der Waals surface area contributed by atoms with Gasteiger partial charge in [0.1, 0.15) is 0 Å². The number of thiophene rings is 1. The zero-order chi connectivity index (χ0) is 16.9. The normalized spacial score (nSPS) is 18.5. The number of aromatic amines is 1. The number of amides is 1. The Morgan fingerprint density at radius 2 is 2.50 bits per heavy atom. The van der Waals surface area contributed by atoms with E-state index in [0.29, 0.717) is 18.0 Å². The molecule has 1 aliphatic rings. The second-order valence-electron chi connectivity index (χ2n) is 5.68. The Labute approximate surface area is 149 Å². The molecule has 2 aromatic heterocycles. The van der Waals surface area contributed by atoms with Crippen molar-refractivity contribution >= 4 is 29.6 Å². The van der Waals surface area contributed by atoms with Crippen LogP contribution in [0.2, 0.25) is 0 Å². The molecule has 3 rings (SSSR count). The van der Waals surface area contributed by atoms with Gasteiger partial charge in [-0.3, -0.25) is 10.00 Å². The Hall–Kier alpha value is -1.71. The highest BCUT2D eigenvalue weighted by Gasteiger charge is 2.22. The first-order chi connectivity index (χ1) is 11.7. The first kappa shape index (κ1) is 17.1. The lowest BCUT2D eigenvalue weighted by Crippen LogP contribution is -2.48. The van der Waals surface area contributed by atoms with Crippen LogP contribution in [0.4, 0.5) is 4.79 Å². The highest BCUT2D eigenvalue weighted by molar-refractivity contribution is 7.71. The minimum Gasteiger partial charge on any atom is -0.450 e. The highest BCUT2D eigenvalue weighted by atomic mass is 32.1. The van der Waals surface area contributed by atoms with Crippen LogP contribution < -0.4 is 5.32 Å². The number of carbonyl (C=O) groups is 1. The van der Waals surface area contributed by atoms with E-state index in [-0.39, 0.29) is 12.1 Å². The first-order valence-corrected chi connectivity index (χ1v) is 9.31. The lowest BCUT2D eigenvalue weighted by molar-refractivity contribution is 0.121. The molecule has 24 heavy (non-hydrogen) atoms. The molecule has 9 heteroatoms. The van der Waals surface area contributed by atoms with Gasteiger partial charge < -0.3 is 10.1 Å². The van der Waals surface area contributed by atoms with Gasteiger partial charge >= 0.3 is 6.09 Å². The molecule has 1 saturated heterocycles. The van der Waals surface area contributed by atoms with Gasteiger partial charge in [0.2, 0.25) is 4.77 Å². The summed E-state index contributed by atoms with van der Waals surface area (Å²) in [6.07, 6.45) is 1.64. The number of rotatable bonds is 5. The van der Waals surface area contributed by atoms with Crippen LogP contribution in [0.1, 0.15) is 19.8 Å². The van der Waals surface area contributed by atoms with Crippen molar-refractivity contribution in [2.45, 2.75) is 32.5 Å². The second kappa shape index (κ2) is 7.91. The highest BCUT2D eigenvalue weighted by Crippen LogP contribution is 2.21. The van der Waals surface area contributed by atoms with E-state index in [1.165, 1.54) is 0 Å². The molecule has 0 aromatic carbocycles. The van der Waals surface area contributed by atoms with Gasteiger partial charge in [-0.15, -0.1) is 11.3 Å². The van der Waals surface area contributed by atoms with Gasteiger partial charge in [0, 0.05) is 19.1 Å². The molecule has 1 amide bonds. The predicted molar refractivity (Wildman–Crippen MR) is 95.5 cm³/mol. The average molecular weight is 368 g/mol. The van der Waals surface area contributed by atoms with E-state index < -0.39 is 0 Å². The van der Waals surface area contributed by atoms with E-state index in [0.717, 1.165) is 36.6 Å². The average Bonchev–Trinajstić information content (AvgIpc) is 3.18. The molecule has 1 fully saturated rings. The Kier molecular flexibility index (Phi) is 5.64. The van der Waals surface area contributed by atoms with Gasteiger partial charge in [-0.05, 0) is 43.4 Å². The lowest BCUT2D eigenvalue weighted by Gasteiger charge is -2.32. The van der Waals surface area contributed by atoms with Crippen LogP contribution in [0.15, 0.2) is 17.5 Å².